The van der Waals surface area contributed by atoms with Crippen molar-refractivity contribution in [2.24, 2.45) is 5.41 Å². The number of anilines is 1. The van der Waals surface area contributed by atoms with Crippen molar-refractivity contribution < 1.29 is 14.3 Å². The highest BCUT2D eigenvalue weighted by molar-refractivity contribution is 6.42. The molecule has 3 heterocycles. The van der Waals surface area contributed by atoms with Gasteiger partial charge in [-0.1, -0.05) is 62.4 Å². The Hall–Kier alpha value is -4.07. The van der Waals surface area contributed by atoms with Crippen LogP contribution in [-0.2, 0) is 9.53 Å². The van der Waals surface area contributed by atoms with E-state index in [1.165, 1.54) is 7.11 Å². The molecule has 1 fully saturated rings. The summed E-state index contributed by atoms with van der Waals surface area (Å²) in [7, 11) is 1.21. The molecule has 5 rings (SSSR count). The molecule has 0 spiro atoms. The zero-order chi connectivity index (χ0) is 25.4. The fraction of sp³-hybridized carbons (Fsp3) is 0.321. The lowest BCUT2D eigenvalue weighted by Gasteiger charge is -2.38. The van der Waals surface area contributed by atoms with Crippen LogP contribution in [0.3, 0.4) is 0 Å². The molecule has 0 N–H and O–H groups in total. The number of methoxy groups -OCH3 is 1. The predicted molar refractivity (Wildman–Crippen MR) is 138 cm³/mol. The van der Waals surface area contributed by atoms with Crippen LogP contribution in [-0.4, -0.2) is 51.5 Å². The number of nitrogens with zero attached hydrogens (tertiary/aromatic N) is 5. The van der Waals surface area contributed by atoms with E-state index in [0.29, 0.717) is 23.1 Å². The van der Waals surface area contributed by atoms with Crippen molar-refractivity contribution in [3.63, 3.8) is 0 Å². The summed E-state index contributed by atoms with van der Waals surface area (Å²) in [5.41, 5.74) is 3.83. The van der Waals surface area contributed by atoms with Crippen LogP contribution in [0.5, 0.6) is 0 Å². The monoisotopic (exact) mass is 483 g/mol. The molecule has 8 heteroatoms. The number of hydrogen-bond donors (Lipinski definition) is 0. The summed E-state index contributed by atoms with van der Waals surface area (Å²) in [6.45, 7) is 7.66. The summed E-state index contributed by atoms with van der Waals surface area (Å²) < 4.78 is 6.36. The van der Waals surface area contributed by atoms with Crippen LogP contribution in [0.25, 0.3) is 28.3 Å². The number of carbonyl (C=O) groups excluding carboxylic acids is 2. The minimum Gasteiger partial charge on any atom is -0.463 e. The molecule has 0 radical (unpaired) electrons. The van der Waals surface area contributed by atoms with E-state index in [2.05, 4.69) is 35.9 Å². The second-order valence-electron chi connectivity index (χ2n) is 9.96. The molecule has 1 aliphatic rings. The van der Waals surface area contributed by atoms with Gasteiger partial charge in [0.1, 0.15) is 5.82 Å². The molecule has 0 aliphatic carbocycles. The first-order valence-corrected chi connectivity index (χ1v) is 12.1. The van der Waals surface area contributed by atoms with Crippen LogP contribution < -0.4 is 4.90 Å². The number of aryl methyl sites for hydroxylation is 1. The van der Waals surface area contributed by atoms with Crippen molar-refractivity contribution >= 4 is 23.3 Å². The molecule has 0 atom stereocenters. The van der Waals surface area contributed by atoms with E-state index in [0.717, 1.165) is 42.6 Å². The molecule has 0 saturated carbocycles. The molecular formula is C28H29N5O3. The maximum absolute atomic E-state index is 13.1. The van der Waals surface area contributed by atoms with Gasteiger partial charge in [0.2, 0.25) is 0 Å². The average molecular weight is 484 g/mol. The Bertz CT molecular complexity index is 1450. The number of ketones is 1. The topological polar surface area (TPSA) is 89.7 Å². The fourth-order valence-electron chi connectivity index (χ4n) is 4.66. The van der Waals surface area contributed by atoms with Gasteiger partial charge in [-0.2, -0.15) is 9.50 Å². The average Bonchev–Trinajstić information content (AvgIpc) is 3.31. The van der Waals surface area contributed by atoms with Gasteiger partial charge < -0.3 is 9.64 Å². The van der Waals surface area contributed by atoms with E-state index in [4.69, 9.17) is 14.8 Å². The molecule has 1 aliphatic heterocycles. The summed E-state index contributed by atoms with van der Waals surface area (Å²) in [5, 5.41) is 4.80. The van der Waals surface area contributed by atoms with Crippen LogP contribution >= 0.6 is 0 Å². The van der Waals surface area contributed by atoms with Gasteiger partial charge in [-0.05, 0) is 42.4 Å². The van der Waals surface area contributed by atoms with Crippen LogP contribution in [0.1, 0.15) is 42.7 Å². The van der Waals surface area contributed by atoms with E-state index in [1.54, 1.807) is 11.4 Å². The molecule has 8 nitrogen and oxygen atoms in total. The zero-order valence-electron chi connectivity index (χ0n) is 21.0. The molecule has 0 unspecified atom stereocenters. The fourth-order valence-corrected chi connectivity index (χ4v) is 4.66. The van der Waals surface area contributed by atoms with E-state index in [-0.39, 0.29) is 11.0 Å². The Morgan fingerprint density at radius 2 is 1.58 bits per heavy atom. The lowest BCUT2D eigenvalue weighted by atomic mass is 9.82. The molecule has 184 valence electrons. The third kappa shape index (κ3) is 4.34. The first kappa shape index (κ1) is 23.7. The second-order valence-corrected chi connectivity index (χ2v) is 9.96. The highest BCUT2D eigenvalue weighted by atomic mass is 16.5. The summed E-state index contributed by atoms with van der Waals surface area (Å²) in [4.78, 5) is 36.8. The minimum absolute atomic E-state index is 0.204. The van der Waals surface area contributed by atoms with Crippen molar-refractivity contribution in [3.05, 3.63) is 65.9 Å². The lowest BCUT2D eigenvalue weighted by Crippen LogP contribution is -2.40. The minimum atomic E-state index is -0.922. The summed E-state index contributed by atoms with van der Waals surface area (Å²) in [6.07, 6.45) is 1.89. The van der Waals surface area contributed by atoms with Crippen LogP contribution in [0.15, 0.2) is 54.6 Å². The zero-order valence-corrected chi connectivity index (χ0v) is 21.0. The molecular weight excluding hydrogens is 454 g/mol. The van der Waals surface area contributed by atoms with Crippen LogP contribution in [0.2, 0.25) is 0 Å². The number of esters is 1. The van der Waals surface area contributed by atoms with Gasteiger partial charge >= 0.3 is 5.97 Å². The first-order chi connectivity index (χ1) is 17.3. The van der Waals surface area contributed by atoms with Crippen molar-refractivity contribution in [1.29, 1.82) is 0 Å². The predicted octanol–water partition coefficient (Wildman–Crippen LogP) is 4.75. The van der Waals surface area contributed by atoms with Crippen LogP contribution in [0, 0.1) is 12.3 Å². The van der Waals surface area contributed by atoms with E-state index < -0.39 is 11.8 Å². The maximum atomic E-state index is 13.1. The molecule has 36 heavy (non-hydrogen) atoms. The number of carbonyl (C=O) groups is 2. The van der Waals surface area contributed by atoms with Crippen LogP contribution in [0.4, 0.5) is 5.82 Å². The summed E-state index contributed by atoms with van der Waals surface area (Å²) in [5.74, 6) is -0.225. The molecule has 2 aromatic carbocycles. The van der Waals surface area contributed by atoms with Gasteiger partial charge in [-0.3, -0.25) is 4.79 Å². The molecule has 0 bridgehead atoms. The SMILES string of the molecule is COC(=O)C(=O)c1c(C)nc2nc(-c3cccc(-c4ccccc4)c3)nn2c1N1CCC(C)(C)CC1. The summed E-state index contributed by atoms with van der Waals surface area (Å²) >= 11 is 0. The molecule has 0 amide bonds. The van der Waals surface area contributed by atoms with Crippen molar-refractivity contribution in [2.75, 3.05) is 25.1 Å². The van der Waals surface area contributed by atoms with E-state index in [9.17, 15) is 9.59 Å². The number of Topliss-reactive ketones (excluding diaryl/α,β-unsaturated/α-hetero) is 1. The number of hydrogen-bond acceptors (Lipinski definition) is 7. The Labute approximate surface area is 209 Å². The smallest absolute Gasteiger partial charge is 0.379 e. The Kier molecular flexibility index (Phi) is 6.04. The number of ether oxygens (including phenoxy) is 1. The highest BCUT2D eigenvalue weighted by Crippen LogP contribution is 2.35. The van der Waals surface area contributed by atoms with Crippen molar-refractivity contribution in [1.82, 2.24) is 19.6 Å². The van der Waals surface area contributed by atoms with Gasteiger partial charge in [-0.25, -0.2) is 9.78 Å². The molecule has 4 aromatic rings. The van der Waals surface area contributed by atoms with Crippen molar-refractivity contribution in [2.45, 2.75) is 33.6 Å². The number of rotatable bonds is 5. The first-order valence-electron chi connectivity index (χ1n) is 12.1. The lowest BCUT2D eigenvalue weighted by molar-refractivity contribution is -0.135. The van der Waals surface area contributed by atoms with Gasteiger partial charge in [0.05, 0.1) is 18.4 Å². The highest BCUT2D eigenvalue weighted by Gasteiger charge is 2.33. The third-order valence-electron chi connectivity index (χ3n) is 6.89. The van der Waals surface area contributed by atoms with Gasteiger partial charge in [0.15, 0.2) is 5.82 Å². The van der Waals surface area contributed by atoms with E-state index >= 15 is 0 Å². The third-order valence-corrected chi connectivity index (χ3v) is 6.89. The van der Waals surface area contributed by atoms with Gasteiger partial charge in [0, 0.05) is 18.7 Å². The largest absolute Gasteiger partial charge is 0.463 e. The quantitative estimate of drug-likeness (QED) is 0.230. The van der Waals surface area contributed by atoms with Gasteiger partial charge in [0.25, 0.3) is 11.6 Å². The Balaban J connectivity index is 1.66. The Morgan fingerprint density at radius 1 is 0.917 bits per heavy atom. The van der Waals surface area contributed by atoms with E-state index in [1.807, 2.05) is 42.5 Å². The molecule has 2 aromatic heterocycles. The normalized spacial score (nSPS) is 15.2. The number of fused-ring (bicyclic) bond motifs is 1. The van der Waals surface area contributed by atoms with Crippen molar-refractivity contribution in [3.8, 4) is 22.5 Å². The molecule has 1 saturated heterocycles. The number of aromatic nitrogens is 4. The number of benzene rings is 2. The summed E-state index contributed by atoms with van der Waals surface area (Å²) in [6, 6.07) is 18.1. The number of piperidine rings is 1. The van der Waals surface area contributed by atoms with Gasteiger partial charge in [-0.15, -0.1) is 5.10 Å². The maximum Gasteiger partial charge on any atom is 0.379 e. The Morgan fingerprint density at radius 3 is 2.28 bits per heavy atom. The second kappa shape index (κ2) is 9.18. The standard InChI is InChI=1S/C28H29N5O3/c1-18-22(23(34)26(35)36-4)25(32-15-13-28(2,3)14-16-32)33-27(29-18)30-24(31-33)21-12-8-11-20(17-21)19-9-6-5-7-10-19/h5-12,17H,13-16H2,1-4H3.